The van der Waals surface area contributed by atoms with Gasteiger partial charge >= 0.3 is 19.8 Å². The Labute approximate surface area is 452 Å². The molecule has 6 unspecified atom stereocenters. The molecule has 0 aromatic heterocycles. The lowest BCUT2D eigenvalue weighted by molar-refractivity contribution is -0.220. The van der Waals surface area contributed by atoms with E-state index in [1.807, 2.05) is 0 Å². The summed E-state index contributed by atoms with van der Waals surface area (Å²) in [6.45, 7) is 3.39. The minimum absolute atomic E-state index is 0.106. The fourth-order valence-electron chi connectivity index (χ4n) is 10.2. The Morgan fingerprint density at radius 2 is 0.608 bits per heavy atom. The molecule has 13 nitrogen and oxygen atoms in total. The van der Waals surface area contributed by atoms with Gasteiger partial charge in [-0.25, -0.2) is 4.57 Å². The summed E-state index contributed by atoms with van der Waals surface area (Å²) in [5.41, 5.74) is 0. The second kappa shape index (κ2) is 50.1. The van der Waals surface area contributed by atoms with Crippen molar-refractivity contribution in [3.63, 3.8) is 0 Å². The summed E-state index contributed by atoms with van der Waals surface area (Å²) in [4.78, 5) is 36.0. The smallest absolute Gasteiger partial charge is 0.462 e. The predicted octanol–water partition coefficient (Wildman–Crippen LogP) is 15.1. The van der Waals surface area contributed by atoms with E-state index < -0.39 is 75.7 Å². The van der Waals surface area contributed by atoms with Gasteiger partial charge in [0.05, 0.1) is 6.61 Å². The quantitative estimate of drug-likeness (QED) is 0.0190. The highest BCUT2D eigenvalue weighted by molar-refractivity contribution is 7.47. The Bertz CT molecular complexity index is 1290. The van der Waals surface area contributed by atoms with Crippen LogP contribution in [0.2, 0.25) is 0 Å². The number of aliphatic hydroxyl groups excluding tert-OH is 5. The highest BCUT2D eigenvalue weighted by Crippen LogP contribution is 2.47. The number of rotatable bonds is 55. The topological polar surface area (TPSA) is 210 Å². The van der Waals surface area contributed by atoms with E-state index in [1.54, 1.807) is 0 Å². The van der Waals surface area contributed by atoms with E-state index in [9.17, 15) is 44.6 Å². The van der Waals surface area contributed by atoms with Gasteiger partial charge in [-0.05, 0) is 12.8 Å². The van der Waals surface area contributed by atoms with Crippen molar-refractivity contribution in [2.45, 2.75) is 358 Å². The van der Waals surface area contributed by atoms with Crippen LogP contribution in [-0.4, -0.2) is 98.3 Å². The Morgan fingerprint density at radius 1 is 0.365 bits per heavy atom. The molecule has 1 aliphatic carbocycles. The van der Waals surface area contributed by atoms with Crippen LogP contribution in [-0.2, 0) is 32.7 Å². The molecule has 74 heavy (non-hydrogen) atoms. The van der Waals surface area contributed by atoms with E-state index in [2.05, 4.69) is 13.8 Å². The summed E-state index contributed by atoms with van der Waals surface area (Å²) in [7, 11) is -5.12. The van der Waals surface area contributed by atoms with Gasteiger partial charge in [-0.2, -0.15) is 0 Å². The SMILES string of the molecule is CCCCCCCCCCCCCCCCCCCCCCCCCC(=O)O[C@H](COC(=O)CCCCCCCCCCCCCCCCCCCCCCCC)COP(=O)(O)OC1C(O)C(O)C(O)[C@@H](O)C1O. The summed E-state index contributed by atoms with van der Waals surface area (Å²) in [5.74, 6) is -1.07. The summed E-state index contributed by atoms with van der Waals surface area (Å²) in [6, 6.07) is 0. The molecule has 1 aliphatic rings. The van der Waals surface area contributed by atoms with Crippen LogP contribution >= 0.6 is 7.82 Å². The third kappa shape index (κ3) is 41.0. The molecule has 0 heterocycles. The maximum absolute atomic E-state index is 12.9. The molecule has 1 fully saturated rings. The van der Waals surface area contributed by atoms with Crippen molar-refractivity contribution in [2.75, 3.05) is 13.2 Å². The number of hydrogen-bond donors (Lipinski definition) is 6. The number of phosphoric ester groups is 1. The molecule has 1 rings (SSSR count). The largest absolute Gasteiger partial charge is 0.472 e. The molecule has 0 saturated heterocycles. The van der Waals surface area contributed by atoms with Crippen molar-refractivity contribution in [3.8, 4) is 0 Å². The van der Waals surface area contributed by atoms with Crippen LogP contribution < -0.4 is 0 Å². The second-order valence-electron chi connectivity index (χ2n) is 22.3. The van der Waals surface area contributed by atoms with Crippen LogP contribution in [0.4, 0.5) is 0 Å². The lowest BCUT2D eigenvalue weighted by atomic mass is 9.85. The minimum atomic E-state index is -5.12. The first-order valence-electron chi connectivity index (χ1n) is 31.3. The molecule has 0 aliphatic heterocycles. The summed E-state index contributed by atoms with van der Waals surface area (Å²) < 4.78 is 33.8. The van der Waals surface area contributed by atoms with E-state index in [-0.39, 0.29) is 12.8 Å². The van der Waals surface area contributed by atoms with Gasteiger partial charge in [-0.1, -0.05) is 290 Å². The van der Waals surface area contributed by atoms with Crippen molar-refractivity contribution in [1.29, 1.82) is 0 Å². The van der Waals surface area contributed by atoms with Gasteiger partial charge in [0.1, 0.15) is 43.2 Å². The molecule has 0 amide bonds. The minimum Gasteiger partial charge on any atom is -0.462 e. The van der Waals surface area contributed by atoms with Crippen molar-refractivity contribution in [3.05, 3.63) is 0 Å². The van der Waals surface area contributed by atoms with Gasteiger partial charge < -0.3 is 39.9 Å². The molecule has 1 saturated carbocycles. The molecule has 0 bridgehead atoms. The average Bonchev–Trinajstić information content (AvgIpc) is 3.38. The number of carbonyl (C=O) groups excluding carboxylic acids is 2. The van der Waals surface area contributed by atoms with Crippen molar-refractivity contribution in [2.24, 2.45) is 0 Å². The van der Waals surface area contributed by atoms with Crippen LogP contribution in [0.25, 0.3) is 0 Å². The Balaban J connectivity index is 2.27. The third-order valence-corrected chi connectivity index (χ3v) is 16.2. The number of aliphatic hydroxyl groups is 5. The zero-order chi connectivity index (χ0) is 54.2. The lowest BCUT2D eigenvalue weighted by Crippen LogP contribution is -2.64. The van der Waals surface area contributed by atoms with E-state index in [0.29, 0.717) is 12.8 Å². The van der Waals surface area contributed by atoms with Crippen LogP contribution in [0.15, 0.2) is 0 Å². The Kier molecular flexibility index (Phi) is 48.0. The Hall–Kier alpha value is -1.15. The molecule has 440 valence electrons. The maximum atomic E-state index is 12.9. The molecule has 6 N–H and O–H groups in total. The summed E-state index contributed by atoms with van der Waals surface area (Å²) >= 11 is 0. The molecular formula is C60H117O13P. The van der Waals surface area contributed by atoms with Gasteiger partial charge in [0, 0.05) is 12.8 Å². The first-order chi connectivity index (χ1) is 35.9. The molecule has 8 atom stereocenters. The normalized spacial score (nSPS) is 20.2. The number of hydrogen-bond acceptors (Lipinski definition) is 12. The number of carbonyl (C=O) groups is 2. The van der Waals surface area contributed by atoms with Crippen LogP contribution in [0.1, 0.15) is 316 Å². The van der Waals surface area contributed by atoms with Crippen molar-refractivity contribution < 1.29 is 63.1 Å². The van der Waals surface area contributed by atoms with E-state index in [0.717, 1.165) is 38.5 Å². The zero-order valence-electron chi connectivity index (χ0n) is 47.7. The number of ether oxygens (including phenoxy) is 2. The van der Waals surface area contributed by atoms with Crippen LogP contribution in [0, 0.1) is 0 Å². The number of unbranched alkanes of at least 4 members (excludes halogenated alkanes) is 43. The van der Waals surface area contributed by atoms with Crippen LogP contribution in [0.3, 0.4) is 0 Å². The van der Waals surface area contributed by atoms with Crippen LogP contribution in [0.5, 0.6) is 0 Å². The first kappa shape index (κ1) is 70.9. The van der Waals surface area contributed by atoms with E-state index in [4.69, 9.17) is 18.5 Å². The van der Waals surface area contributed by atoms with E-state index >= 15 is 0 Å². The molecule has 0 spiro atoms. The first-order valence-corrected chi connectivity index (χ1v) is 32.8. The van der Waals surface area contributed by atoms with Gasteiger partial charge in [0.2, 0.25) is 0 Å². The number of phosphoric acid groups is 1. The zero-order valence-corrected chi connectivity index (χ0v) is 48.6. The summed E-state index contributed by atoms with van der Waals surface area (Å²) in [5, 5.41) is 50.5. The monoisotopic (exact) mass is 1080 g/mol. The molecule has 0 radical (unpaired) electrons. The molecule has 14 heteroatoms. The molecule has 0 aromatic carbocycles. The van der Waals surface area contributed by atoms with Crippen molar-refractivity contribution in [1.82, 2.24) is 0 Å². The lowest BCUT2D eigenvalue weighted by Gasteiger charge is -2.41. The fraction of sp³-hybridized carbons (Fsp3) is 0.967. The predicted molar refractivity (Wildman–Crippen MR) is 300 cm³/mol. The second-order valence-corrected chi connectivity index (χ2v) is 23.7. The molecule has 0 aromatic rings. The van der Waals surface area contributed by atoms with E-state index in [1.165, 1.54) is 238 Å². The highest BCUT2D eigenvalue weighted by Gasteiger charge is 2.51. The number of esters is 2. The average molecular weight is 1080 g/mol. The standard InChI is InChI=1S/C60H117O13P/c1-3-5-7-9-11-13-15-17-19-21-23-25-27-29-31-33-35-37-39-41-43-45-47-49-54(62)72-52(51-71-74(68,69)73-60-58(66)56(64)55(63)57(65)59(60)67)50-70-53(61)48-46-44-42-40-38-36-34-32-30-28-26-24-22-20-18-16-14-12-10-8-6-4-2/h52,55-60,63-67H,3-51H2,1-2H3,(H,68,69)/t52-,55?,56-,57?,58?,59?,60?/m1/s1. The Morgan fingerprint density at radius 3 is 0.892 bits per heavy atom. The van der Waals surface area contributed by atoms with Crippen molar-refractivity contribution >= 4 is 19.8 Å². The summed E-state index contributed by atoms with van der Waals surface area (Å²) in [6.07, 6.45) is 44.4. The third-order valence-electron chi connectivity index (χ3n) is 15.2. The fourth-order valence-corrected chi connectivity index (χ4v) is 11.2. The van der Waals surface area contributed by atoms with Gasteiger partial charge in [-0.15, -0.1) is 0 Å². The molecular weight excluding hydrogens is 960 g/mol. The van der Waals surface area contributed by atoms with Gasteiger partial charge in [0.25, 0.3) is 0 Å². The maximum Gasteiger partial charge on any atom is 0.472 e. The highest BCUT2D eigenvalue weighted by atomic mass is 31.2. The van der Waals surface area contributed by atoms with Gasteiger partial charge in [0.15, 0.2) is 6.10 Å². The van der Waals surface area contributed by atoms with Gasteiger partial charge in [-0.3, -0.25) is 18.6 Å².